The molecule has 0 aliphatic heterocycles. The lowest BCUT2D eigenvalue weighted by Gasteiger charge is -2.15. The summed E-state index contributed by atoms with van der Waals surface area (Å²) in [6, 6.07) is 4.80. The normalized spacial score (nSPS) is 12.2. The second-order valence-corrected chi connectivity index (χ2v) is 4.75. The van der Waals surface area contributed by atoms with Gasteiger partial charge in [-0.05, 0) is 49.9 Å². The lowest BCUT2D eigenvalue weighted by Crippen LogP contribution is -2.29. The van der Waals surface area contributed by atoms with Crippen LogP contribution in [0.3, 0.4) is 0 Å². The third kappa shape index (κ3) is 4.96. The van der Waals surface area contributed by atoms with Crippen molar-refractivity contribution in [3.63, 3.8) is 0 Å². The average Bonchev–Trinajstić information content (AvgIpc) is 2.41. The van der Waals surface area contributed by atoms with Crippen LogP contribution < -0.4 is 11.2 Å². The molecule has 0 radical (unpaired) electrons. The Labute approximate surface area is 112 Å². The number of benzene rings is 1. The number of halogens is 1. The molecule has 0 unspecified atom stereocenters. The van der Waals surface area contributed by atoms with Crippen LogP contribution in [0.1, 0.15) is 30.4 Å². The van der Waals surface area contributed by atoms with Gasteiger partial charge in [-0.25, -0.2) is 9.87 Å². The number of rotatable bonds is 7. The van der Waals surface area contributed by atoms with Crippen LogP contribution in [0.15, 0.2) is 18.2 Å². The highest BCUT2D eigenvalue weighted by atomic mass is 19.1. The van der Waals surface area contributed by atoms with E-state index >= 15 is 0 Å². The minimum Gasteiger partial charge on any atom is -0.330 e. The van der Waals surface area contributed by atoms with Crippen LogP contribution >= 0.6 is 0 Å². The van der Waals surface area contributed by atoms with E-state index in [0.717, 1.165) is 18.4 Å². The zero-order valence-corrected chi connectivity index (χ0v) is 11.2. The zero-order chi connectivity index (χ0) is 14.3. The van der Waals surface area contributed by atoms with Crippen LogP contribution in [0, 0.1) is 18.7 Å². The standard InChI is InChI=1S/C14H21FN2O2/c1-10-8-11(5-6-13(10)15)9-12(14(18)17-19)4-2-3-7-16/h5-6,8,12,19H,2-4,7,9,16H2,1H3,(H,17,18)/t12-/m0/s1. The van der Waals surface area contributed by atoms with E-state index in [-0.39, 0.29) is 11.7 Å². The molecule has 1 amide bonds. The Balaban J connectivity index is 2.69. The molecule has 0 aliphatic carbocycles. The third-order valence-electron chi connectivity index (χ3n) is 3.19. The molecule has 0 aromatic heterocycles. The summed E-state index contributed by atoms with van der Waals surface area (Å²) in [6.07, 6.45) is 2.81. The zero-order valence-electron chi connectivity index (χ0n) is 11.2. The quantitative estimate of drug-likeness (QED) is 0.402. The smallest absolute Gasteiger partial charge is 0.246 e. The molecule has 0 fully saturated rings. The maximum Gasteiger partial charge on any atom is 0.246 e. The van der Waals surface area contributed by atoms with E-state index in [1.54, 1.807) is 24.5 Å². The van der Waals surface area contributed by atoms with Gasteiger partial charge in [-0.3, -0.25) is 10.0 Å². The van der Waals surface area contributed by atoms with E-state index in [2.05, 4.69) is 0 Å². The molecule has 4 nitrogen and oxygen atoms in total. The molecular formula is C14H21FN2O2. The van der Waals surface area contributed by atoms with E-state index in [4.69, 9.17) is 10.9 Å². The molecule has 0 heterocycles. The largest absolute Gasteiger partial charge is 0.330 e. The molecule has 0 aliphatic rings. The number of carbonyl (C=O) groups excluding carboxylic acids is 1. The van der Waals surface area contributed by atoms with Crippen molar-refractivity contribution in [3.05, 3.63) is 35.1 Å². The molecule has 1 aromatic carbocycles. The number of nitrogens with two attached hydrogens (primary N) is 1. The molecule has 0 saturated carbocycles. The minimum atomic E-state index is -0.404. The molecule has 5 heteroatoms. The molecule has 106 valence electrons. The molecule has 1 atom stereocenters. The van der Waals surface area contributed by atoms with Gasteiger partial charge < -0.3 is 5.73 Å². The van der Waals surface area contributed by atoms with E-state index in [1.807, 2.05) is 0 Å². The maximum atomic E-state index is 13.2. The number of hydrogen-bond acceptors (Lipinski definition) is 3. The van der Waals surface area contributed by atoms with Crippen LogP contribution in [0.25, 0.3) is 0 Å². The molecule has 0 spiro atoms. The van der Waals surface area contributed by atoms with Crippen molar-refractivity contribution in [2.24, 2.45) is 11.7 Å². The molecule has 1 rings (SSSR count). The summed E-state index contributed by atoms with van der Waals surface area (Å²) in [5.74, 6) is -0.976. The van der Waals surface area contributed by atoms with Gasteiger partial charge in [0.2, 0.25) is 5.91 Å². The number of aryl methyl sites for hydroxylation is 1. The Morgan fingerprint density at radius 3 is 2.79 bits per heavy atom. The first-order chi connectivity index (χ1) is 9.08. The first-order valence-electron chi connectivity index (χ1n) is 6.47. The van der Waals surface area contributed by atoms with Crippen molar-refractivity contribution in [1.82, 2.24) is 5.48 Å². The Kier molecular flexibility index (Phi) is 6.45. The molecule has 0 bridgehead atoms. The van der Waals surface area contributed by atoms with Crippen molar-refractivity contribution >= 4 is 5.91 Å². The van der Waals surface area contributed by atoms with Gasteiger partial charge >= 0.3 is 0 Å². The fourth-order valence-electron chi connectivity index (χ4n) is 2.07. The van der Waals surface area contributed by atoms with Crippen LogP contribution in [-0.4, -0.2) is 17.7 Å². The fraction of sp³-hybridized carbons (Fsp3) is 0.500. The molecule has 1 aromatic rings. The van der Waals surface area contributed by atoms with Gasteiger partial charge in [0, 0.05) is 5.92 Å². The summed E-state index contributed by atoms with van der Waals surface area (Å²) in [5, 5.41) is 8.75. The Hall–Kier alpha value is -1.46. The minimum absolute atomic E-state index is 0.255. The molecular weight excluding hydrogens is 247 g/mol. The van der Waals surface area contributed by atoms with E-state index in [1.165, 1.54) is 6.07 Å². The topological polar surface area (TPSA) is 75.4 Å². The number of hydrogen-bond donors (Lipinski definition) is 3. The highest BCUT2D eigenvalue weighted by Gasteiger charge is 2.18. The summed E-state index contributed by atoms with van der Waals surface area (Å²) >= 11 is 0. The summed E-state index contributed by atoms with van der Waals surface area (Å²) < 4.78 is 13.2. The summed E-state index contributed by atoms with van der Waals surface area (Å²) in [7, 11) is 0. The maximum absolute atomic E-state index is 13.2. The van der Waals surface area contributed by atoms with Crippen molar-refractivity contribution in [1.29, 1.82) is 0 Å². The highest BCUT2D eigenvalue weighted by Crippen LogP contribution is 2.18. The predicted molar refractivity (Wildman–Crippen MR) is 71.2 cm³/mol. The monoisotopic (exact) mass is 268 g/mol. The number of carbonyl (C=O) groups is 1. The van der Waals surface area contributed by atoms with Gasteiger partial charge in [-0.1, -0.05) is 18.6 Å². The Bertz CT molecular complexity index is 424. The van der Waals surface area contributed by atoms with Gasteiger partial charge in [0.25, 0.3) is 0 Å². The van der Waals surface area contributed by atoms with Crippen LogP contribution in [0.5, 0.6) is 0 Å². The van der Waals surface area contributed by atoms with Gasteiger partial charge in [-0.2, -0.15) is 0 Å². The lowest BCUT2D eigenvalue weighted by atomic mass is 9.92. The first kappa shape index (κ1) is 15.6. The van der Waals surface area contributed by atoms with Crippen molar-refractivity contribution in [3.8, 4) is 0 Å². The lowest BCUT2D eigenvalue weighted by molar-refractivity contribution is -0.133. The van der Waals surface area contributed by atoms with Crippen LogP contribution in [-0.2, 0) is 11.2 Å². The van der Waals surface area contributed by atoms with Gasteiger partial charge in [-0.15, -0.1) is 0 Å². The van der Waals surface area contributed by atoms with Crippen molar-refractivity contribution in [2.45, 2.75) is 32.6 Å². The number of unbranched alkanes of at least 4 members (excludes halogenated alkanes) is 1. The highest BCUT2D eigenvalue weighted by molar-refractivity contribution is 5.77. The number of nitrogens with one attached hydrogen (secondary N) is 1. The first-order valence-corrected chi connectivity index (χ1v) is 6.47. The van der Waals surface area contributed by atoms with Crippen LogP contribution in [0.4, 0.5) is 4.39 Å². The summed E-state index contributed by atoms with van der Waals surface area (Å²) in [4.78, 5) is 11.6. The molecule has 4 N–H and O–H groups in total. The average molecular weight is 268 g/mol. The third-order valence-corrected chi connectivity index (χ3v) is 3.19. The van der Waals surface area contributed by atoms with Gasteiger partial charge in [0.05, 0.1) is 0 Å². The summed E-state index contributed by atoms with van der Waals surface area (Å²) in [5.41, 5.74) is 8.56. The van der Waals surface area contributed by atoms with Crippen molar-refractivity contribution < 1.29 is 14.4 Å². The van der Waals surface area contributed by atoms with E-state index in [0.29, 0.717) is 24.9 Å². The molecule has 19 heavy (non-hydrogen) atoms. The number of hydroxylamine groups is 1. The predicted octanol–water partition coefficient (Wildman–Crippen LogP) is 1.93. The molecule has 0 saturated heterocycles. The second-order valence-electron chi connectivity index (χ2n) is 4.75. The van der Waals surface area contributed by atoms with Gasteiger partial charge in [0.1, 0.15) is 5.82 Å². The Morgan fingerprint density at radius 1 is 1.47 bits per heavy atom. The SMILES string of the molecule is Cc1cc(C[C@H](CCCCN)C(=O)NO)ccc1F. The fourth-order valence-corrected chi connectivity index (χ4v) is 2.07. The number of amides is 1. The van der Waals surface area contributed by atoms with Gasteiger partial charge in [0.15, 0.2) is 0 Å². The Morgan fingerprint density at radius 2 is 2.21 bits per heavy atom. The van der Waals surface area contributed by atoms with Crippen molar-refractivity contribution in [2.75, 3.05) is 6.54 Å². The van der Waals surface area contributed by atoms with Crippen LogP contribution in [0.2, 0.25) is 0 Å². The van der Waals surface area contributed by atoms with E-state index in [9.17, 15) is 9.18 Å². The second kappa shape index (κ2) is 7.86. The van der Waals surface area contributed by atoms with E-state index < -0.39 is 5.91 Å². The summed E-state index contributed by atoms with van der Waals surface area (Å²) in [6.45, 7) is 2.28.